The Labute approximate surface area is 143 Å². The summed E-state index contributed by atoms with van der Waals surface area (Å²) in [5.41, 5.74) is 1.32. The number of nitrogens with one attached hydrogen (secondary N) is 1. The highest BCUT2D eigenvalue weighted by molar-refractivity contribution is 7.89. The standard InChI is InChI=1S/C18H24N2O3S/c1-12(2)17(21)18(8-9-18)11-20-24(22,23)15-7-6-13(3)16-14(15)5-4-10-19-16/h4-7,10,12,17,20-21H,8-9,11H2,1-3H3. The summed E-state index contributed by atoms with van der Waals surface area (Å²) in [7, 11) is -3.66. The predicted molar refractivity (Wildman–Crippen MR) is 94.2 cm³/mol. The second-order valence-electron chi connectivity index (χ2n) is 7.16. The minimum atomic E-state index is -3.66. The molecule has 0 bridgehead atoms. The molecule has 0 spiro atoms. The largest absolute Gasteiger partial charge is 0.392 e. The lowest BCUT2D eigenvalue weighted by atomic mass is 9.91. The first-order chi connectivity index (χ1) is 11.3. The molecule has 5 nitrogen and oxygen atoms in total. The molecular formula is C18H24N2O3S. The molecule has 1 aliphatic rings. The van der Waals surface area contributed by atoms with Crippen molar-refractivity contribution in [2.75, 3.05) is 6.54 Å². The Bertz CT molecular complexity index is 858. The van der Waals surface area contributed by atoms with Crippen LogP contribution in [0.25, 0.3) is 10.9 Å². The molecule has 1 aliphatic carbocycles. The van der Waals surface area contributed by atoms with Gasteiger partial charge in [0.25, 0.3) is 0 Å². The second kappa shape index (κ2) is 6.10. The van der Waals surface area contributed by atoms with Crippen LogP contribution >= 0.6 is 0 Å². The fourth-order valence-electron chi connectivity index (χ4n) is 3.28. The van der Waals surface area contributed by atoms with E-state index in [4.69, 9.17) is 0 Å². The highest BCUT2D eigenvalue weighted by Gasteiger charge is 2.50. The molecule has 1 aromatic carbocycles. The quantitative estimate of drug-likeness (QED) is 0.841. The van der Waals surface area contributed by atoms with Gasteiger partial charge in [-0.3, -0.25) is 4.98 Å². The van der Waals surface area contributed by atoms with Crippen molar-refractivity contribution >= 4 is 20.9 Å². The smallest absolute Gasteiger partial charge is 0.241 e. The maximum atomic E-state index is 12.8. The molecule has 24 heavy (non-hydrogen) atoms. The van der Waals surface area contributed by atoms with Gasteiger partial charge in [0.05, 0.1) is 16.5 Å². The summed E-state index contributed by atoms with van der Waals surface area (Å²) in [6.07, 6.45) is 2.88. The molecule has 1 unspecified atom stereocenters. The number of benzene rings is 1. The SMILES string of the molecule is Cc1ccc(S(=O)(=O)NCC2(C(O)C(C)C)CC2)c2cccnc12. The lowest BCUT2D eigenvalue weighted by Gasteiger charge is -2.25. The Kier molecular flexibility index (Phi) is 4.40. The molecule has 0 amide bonds. The van der Waals surface area contributed by atoms with Crippen LogP contribution < -0.4 is 4.72 Å². The summed E-state index contributed by atoms with van der Waals surface area (Å²) >= 11 is 0. The van der Waals surface area contributed by atoms with E-state index in [-0.39, 0.29) is 22.8 Å². The van der Waals surface area contributed by atoms with Crippen molar-refractivity contribution in [1.82, 2.24) is 9.71 Å². The van der Waals surface area contributed by atoms with E-state index < -0.39 is 16.1 Å². The van der Waals surface area contributed by atoms with Gasteiger partial charge in [-0.15, -0.1) is 0 Å². The normalized spacial score (nSPS) is 18.0. The number of sulfonamides is 1. The Morgan fingerprint density at radius 1 is 1.29 bits per heavy atom. The van der Waals surface area contributed by atoms with E-state index in [2.05, 4.69) is 9.71 Å². The molecule has 1 fully saturated rings. The van der Waals surface area contributed by atoms with E-state index in [1.54, 1.807) is 30.5 Å². The van der Waals surface area contributed by atoms with Crippen molar-refractivity contribution in [1.29, 1.82) is 0 Å². The number of hydrogen-bond acceptors (Lipinski definition) is 4. The van der Waals surface area contributed by atoms with E-state index in [1.165, 1.54) is 0 Å². The molecule has 1 saturated carbocycles. The molecule has 3 rings (SSSR count). The Hall–Kier alpha value is -1.50. The Balaban J connectivity index is 1.89. The molecule has 1 heterocycles. The monoisotopic (exact) mass is 348 g/mol. The van der Waals surface area contributed by atoms with E-state index in [0.29, 0.717) is 10.9 Å². The summed E-state index contributed by atoms with van der Waals surface area (Å²) in [4.78, 5) is 4.54. The average Bonchev–Trinajstić information content (AvgIpc) is 3.34. The lowest BCUT2D eigenvalue weighted by Crippen LogP contribution is -2.38. The maximum Gasteiger partial charge on any atom is 0.241 e. The third-order valence-corrected chi connectivity index (χ3v) is 6.45. The summed E-state index contributed by atoms with van der Waals surface area (Å²) in [5, 5.41) is 11.0. The highest BCUT2D eigenvalue weighted by atomic mass is 32.2. The zero-order chi connectivity index (χ0) is 17.5. The van der Waals surface area contributed by atoms with Crippen LogP contribution in [-0.4, -0.2) is 31.2 Å². The van der Waals surface area contributed by atoms with Crippen LogP contribution in [0.1, 0.15) is 32.3 Å². The second-order valence-corrected chi connectivity index (χ2v) is 8.89. The first-order valence-corrected chi connectivity index (χ1v) is 9.77. The van der Waals surface area contributed by atoms with E-state index >= 15 is 0 Å². The van der Waals surface area contributed by atoms with Gasteiger partial charge < -0.3 is 5.11 Å². The maximum absolute atomic E-state index is 12.8. The molecule has 2 aromatic rings. The minimum absolute atomic E-state index is 0.112. The number of hydrogen-bond donors (Lipinski definition) is 2. The predicted octanol–water partition coefficient (Wildman–Crippen LogP) is 2.62. The van der Waals surface area contributed by atoms with Crippen molar-refractivity contribution in [3.05, 3.63) is 36.0 Å². The van der Waals surface area contributed by atoms with Gasteiger partial charge in [0.2, 0.25) is 10.0 Å². The summed E-state index contributed by atoms with van der Waals surface area (Å²) in [6.45, 7) is 6.10. The van der Waals surface area contributed by atoms with Gasteiger partial charge in [0.1, 0.15) is 0 Å². The lowest BCUT2D eigenvalue weighted by molar-refractivity contribution is 0.0529. The molecule has 1 aromatic heterocycles. The van der Waals surface area contributed by atoms with E-state index in [1.807, 2.05) is 20.8 Å². The van der Waals surface area contributed by atoms with Gasteiger partial charge in [-0.25, -0.2) is 13.1 Å². The topological polar surface area (TPSA) is 79.3 Å². The van der Waals surface area contributed by atoms with Gasteiger partial charge in [-0.2, -0.15) is 0 Å². The van der Waals surface area contributed by atoms with Crippen molar-refractivity contribution in [3.63, 3.8) is 0 Å². The zero-order valence-electron chi connectivity index (χ0n) is 14.3. The Morgan fingerprint density at radius 3 is 2.62 bits per heavy atom. The van der Waals surface area contributed by atoms with Crippen LogP contribution in [-0.2, 0) is 10.0 Å². The van der Waals surface area contributed by atoms with Gasteiger partial charge in [0, 0.05) is 23.5 Å². The van der Waals surface area contributed by atoms with Crippen LogP contribution in [0.3, 0.4) is 0 Å². The Morgan fingerprint density at radius 2 is 2.00 bits per heavy atom. The molecule has 0 saturated heterocycles. The van der Waals surface area contributed by atoms with Crippen LogP contribution in [0.2, 0.25) is 0 Å². The van der Waals surface area contributed by atoms with Crippen molar-refractivity contribution in [2.45, 2.75) is 44.6 Å². The van der Waals surface area contributed by atoms with Gasteiger partial charge in [-0.1, -0.05) is 19.9 Å². The van der Waals surface area contributed by atoms with Crippen molar-refractivity contribution in [3.8, 4) is 0 Å². The highest BCUT2D eigenvalue weighted by Crippen LogP contribution is 2.50. The third kappa shape index (κ3) is 3.06. The number of aromatic nitrogens is 1. The number of aliphatic hydroxyl groups is 1. The summed E-state index contributed by atoms with van der Waals surface area (Å²) < 4.78 is 28.3. The van der Waals surface area contributed by atoms with Gasteiger partial charge >= 0.3 is 0 Å². The molecule has 6 heteroatoms. The first kappa shape index (κ1) is 17.3. The number of pyridine rings is 1. The molecule has 130 valence electrons. The number of rotatable bonds is 6. The van der Waals surface area contributed by atoms with Gasteiger partial charge in [-0.05, 0) is 49.4 Å². The zero-order valence-corrected chi connectivity index (χ0v) is 15.1. The van der Waals surface area contributed by atoms with Crippen molar-refractivity contribution in [2.24, 2.45) is 11.3 Å². The third-order valence-electron chi connectivity index (χ3n) is 4.99. The van der Waals surface area contributed by atoms with E-state index in [0.717, 1.165) is 18.4 Å². The fourth-order valence-corrected chi connectivity index (χ4v) is 4.62. The molecule has 0 aliphatic heterocycles. The molecule has 2 N–H and O–H groups in total. The summed E-state index contributed by atoms with van der Waals surface area (Å²) in [5.74, 6) is 0.112. The fraction of sp³-hybridized carbons (Fsp3) is 0.500. The number of aliphatic hydroxyl groups excluding tert-OH is 1. The van der Waals surface area contributed by atoms with Crippen molar-refractivity contribution < 1.29 is 13.5 Å². The van der Waals surface area contributed by atoms with E-state index in [9.17, 15) is 13.5 Å². The number of fused-ring (bicyclic) bond motifs is 1. The number of nitrogens with zero attached hydrogens (tertiary/aromatic N) is 1. The van der Waals surface area contributed by atoms with Crippen LogP contribution in [0, 0.1) is 18.3 Å². The van der Waals surface area contributed by atoms with Crippen LogP contribution in [0.5, 0.6) is 0 Å². The first-order valence-electron chi connectivity index (χ1n) is 8.29. The molecule has 1 atom stereocenters. The van der Waals surface area contributed by atoms with Crippen LogP contribution in [0.4, 0.5) is 0 Å². The summed E-state index contributed by atoms with van der Waals surface area (Å²) in [6, 6.07) is 6.92. The average molecular weight is 348 g/mol. The molecular weight excluding hydrogens is 324 g/mol. The van der Waals surface area contributed by atoms with Gasteiger partial charge in [0.15, 0.2) is 0 Å². The molecule has 0 radical (unpaired) electrons. The minimum Gasteiger partial charge on any atom is -0.392 e. The van der Waals surface area contributed by atoms with Crippen LogP contribution in [0.15, 0.2) is 35.4 Å². The number of aryl methyl sites for hydroxylation is 1.